The summed E-state index contributed by atoms with van der Waals surface area (Å²) in [5.74, 6) is 1.86. The quantitative estimate of drug-likeness (QED) is 0.185. The molecule has 0 fully saturated rings. The fourth-order valence-electron chi connectivity index (χ4n) is 4.29. The topological polar surface area (TPSA) is 23.4 Å². The van der Waals surface area contributed by atoms with Crippen molar-refractivity contribution in [3.63, 3.8) is 0 Å². The number of rotatable bonds is 13. The molecule has 0 unspecified atom stereocenters. The van der Waals surface area contributed by atoms with Gasteiger partial charge in [-0.15, -0.1) is 0 Å². The first kappa shape index (κ1) is 24.7. The van der Waals surface area contributed by atoms with E-state index in [1.165, 1.54) is 47.3 Å². The van der Waals surface area contributed by atoms with Crippen molar-refractivity contribution in [3.8, 4) is 22.8 Å². The Bertz CT molecular complexity index is 1140. The Kier molecular flexibility index (Phi) is 9.05. The van der Waals surface area contributed by atoms with E-state index in [0.717, 1.165) is 37.5 Å². The van der Waals surface area contributed by atoms with Gasteiger partial charge in [-0.25, -0.2) is 0 Å². The highest BCUT2D eigenvalue weighted by molar-refractivity contribution is 5.62. The molecule has 0 atom stereocenters. The van der Waals surface area contributed by atoms with Crippen molar-refractivity contribution in [2.75, 3.05) is 6.61 Å². The Hall–Kier alpha value is -3.46. The first-order chi connectivity index (χ1) is 17.2. The van der Waals surface area contributed by atoms with Crippen LogP contribution in [0.15, 0.2) is 91.0 Å². The second-order valence-electron chi connectivity index (χ2n) is 9.11. The van der Waals surface area contributed by atoms with Gasteiger partial charge in [0.2, 0.25) is 0 Å². The van der Waals surface area contributed by atoms with Crippen molar-refractivity contribution in [2.45, 2.75) is 59.1 Å². The average molecular weight is 468 g/mol. The van der Waals surface area contributed by atoms with Crippen LogP contribution in [-0.2, 0) is 19.6 Å². The average Bonchev–Trinajstić information content (AvgIpc) is 3.28. The molecule has 0 radical (unpaired) electrons. The van der Waals surface area contributed by atoms with E-state index >= 15 is 0 Å². The Morgan fingerprint density at radius 2 is 1.37 bits per heavy atom. The molecule has 1 aromatic heterocycles. The van der Waals surface area contributed by atoms with E-state index in [1.54, 1.807) is 0 Å². The minimum atomic E-state index is 0.582. The lowest BCUT2D eigenvalue weighted by molar-refractivity contribution is 0.305. The summed E-state index contributed by atoms with van der Waals surface area (Å²) in [6.07, 6.45) is 5.90. The lowest BCUT2D eigenvalue weighted by atomic mass is 10.1. The van der Waals surface area contributed by atoms with Gasteiger partial charge in [0, 0.05) is 17.9 Å². The molecule has 3 heteroatoms. The van der Waals surface area contributed by atoms with Gasteiger partial charge >= 0.3 is 0 Å². The predicted molar refractivity (Wildman–Crippen MR) is 145 cm³/mol. The van der Waals surface area contributed by atoms with Gasteiger partial charge in [0.05, 0.1) is 6.61 Å². The Labute approximate surface area is 210 Å². The van der Waals surface area contributed by atoms with Crippen molar-refractivity contribution < 1.29 is 9.47 Å². The summed E-state index contributed by atoms with van der Waals surface area (Å²) in [7, 11) is 0. The lowest BCUT2D eigenvalue weighted by Crippen LogP contribution is -2.05. The molecule has 0 aliphatic carbocycles. The predicted octanol–water partition coefficient (Wildman–Crippen LogP) is 8.24. The van der Waals surface area contributed by atoms with Gasteiger partial charge in [-0.3, -0.25) is 0 Å². The molecule has 4 aromatic rings. The van der Waals surface area contributed by atoms with Gasteiger partial charge in [0.15, 0.2) is 0 Å². The second kappa shape index (κ2) is 12.9. The molecule has 0 spiro atoms. The number of unbranched alkanes of at least 4 members (excludes halogenated alkanes) is 3. The molecular weight excluding hydrogens is 430 g/mol. The molecular formula is C32H37NO2. The summed E-state index contributed by atoms with van der Waals surface area (Å²) in [4.78, 5) is 0. The maximum absolute atomic E-state index is 5.96. The van der Waals surface area contributed by atoms with Gasteiger partial charge in [-0.2, -0.15) is 0 Å². The molecule has 0 aliphatic heterocycles. The third-order valence-corrected chi connectivity index (χ3v) is 6.41. The molecule has 35 heavy (non-hydrogen) atoms. The fourth-order valence-corrected chi connectivity index (χ4v) is 4.29. The molecule has 4 rings (SSSR count). The number of ether oxygens (including phenoxy) is 2. The Morgan fingerprint density at radius 3 is 2.11 bits per heavy atom. The van der Waals surface area contributed by atoms with Crippen molar-refractivity contribution in [3.05, 3.63) is 108 Å². The van der Waals surface area contributed by atoms with E-state index in [0.29, 0.717) is 6.61 Å². The summed E-state index contributed by atoms with van der Waals surface area (Å²) >= 11 is 0. The SMILES string of the molecule is CCCCCCOc1ccc(CCn2c(C)ccc2-c2ccc(OCc3ccccc3)cc2)cc1. The molecule has 1 heterocycles. The van der Waals surface area contributed by atoms with Crippen LogP contribution in [0.25, 0.3) is 11.3 Å². The van der Waals surface area contributed by atoms with Crippen LogP contribution >= 0.6 is 0 Å². The van der Waals surface area contributed by atoms with Crippen LogP contribution in [0.3, 0.4) is 0 Å². The van der Waals surface area contributed by atoms with Gasteiger partial charge < -0.3 is 14.0 Å². The largest absolute Gasteiger partial charge is 0.494 e. The second-order valence-corrected chi connectivity index (χ2v) is 9.11. The molecule has 182 valence electrons. The van der Waals surface area contributed by atoms with Crippen LogP contribution in [-0.4, -0.2) is 11.2 Å². The smallest absolute Gasteiger partial charge is 0.119 e. The summed E-state index contributed by atoms with van der Waals surface area (Å²) < 4.78 is 14.2. The minimum absolute atomic E-state index is 0.582. The third-order valence-electron chi connectivity index (χ3n) is 6.41. The maximum Gasteiger partial charge on any atom is 0.119 e. The highest BCUT2D eigenvalue weighted by atomic mass is 16.5. The van der Waals surface area contributed by atoms with Gasteiger partial charge in [-0.1, -0.05) is 68.7 Å². The molecule has 0 bridgehead atoms. The first-order valence-corrected chi connectivity index (χ1v) is 12.9. The fraction of sp³-hybridized carbons (Fsp3) is 0.312. The Morgan fingerprint density at radius 1 is 0.657 bits per heavy atom. The van der Waals surface area contributed by atoms with Gasteiger partial charge in [0.25, 0.3) is 0 Å². The summed E-state index contributed by atoms with van der Waals surface area (Å²) in [6, 6.07) is 31.7. The van der Waals surface area contributed by atoms with Crippen molar-refractivity contribution in [2.24, 2.45) is 0 Å². The first-order valence-electron chi connectivity index (χ1n) is 12.9. The number of nitrogens with zero attached hydrogens (tertiary/aromatic N) is 1. The summed E-state index contributed by atoms with van der Waals surface area (Å²) in [6.45, 7) is 6.74. The zero-order valence-electron chi connectivity index (χ0n) is 21.1. The maximum atomic E-state index is 5.96. The number of benzene rings is 3. The molecule has 0 saturated heterocycles. The molecule has 0 N–H and O–H groups in total. The minimum Gasteiger partial charge on any atom is -0.494 e. The van der Waals surface area contributed by atoms with Gasteiger partial charge in [0.1, 0.15) is 18.1 Å². The van der Waals surface area contributed by atoms with Crippen molar-refractivity contribution in [1.82, 2.24) is 4.57 Å². The number of hydrogen-bond acceptors (Lipinski definition) is 2. The Balaban J connectivity index is 1.32. The van der Waals surface area contributed by atoms with Gasteiger partial charge in [-0.05, 0) is 85.0 Å². The number of hydrogen-bond donors (Lipinski definition) is 0. The number of aromatic nitrogens is 1. The van der Waals surface area contributed by atoms with Crippen molar-refractivity contribution >= 4 is 0 Å². The summed E-state index contributed by atoms with van der Waals surface area (Å²) in [5.41, 5.74) is 6.22. The van der Waals surface area contributed by atoms with Crippen LogP contribution in [0.2, 0.25) is 0 Å². The van der Waals surface area contributed by atoms with Crippen LogP contribution in [0.5, 0.6) is 11.5 Å². The monoisotopic (exact) mass is 467 g/mol. The molecule has 0 aliphatic rings. The highest BCUT2D eigenvalue weighted by Crippen LogP contribution is 2.26. The molecule has 0 amide bonds. The zero-order valence-corrected chi connectivity index (χ0v) is 21.1. The van der Waals surface area contributed by atoms with Crippen LogP contribution in [0, 0.1) is 6.92 Å². The van der Waals surface area contributed by atoms with E-state index in [9.17, 15) is 0 Å². The highest BCUT2D eigenvalue weighted by Gasteiger charge is 2.09. The van der Waals surface area contributed by atoms with E-state index in [1.807, 2.05) is 18.2 Å². The van der Waals surface area contributed by atoms with E-state index < -0.39 is 0 Å². The van der Waals surface area contributed by atoms with Crippen LogP contribution in [0.1, 0.15) is 49.4 Å². The normalized spacial score (nSPS) is 10.9. The standard InChI is InChI=1S/C32H37NO2/c1-3-4-5-9-24-34-30-17-13-27(14-18-30)22-23-33-26(2)12-21-32(33)29-15-19-31(20-16-29)35-25-28-10-7-6-8-11-28/h6-8,10-21H,3-5,9,22-25H2,1-2H3. The van der Waals surface area contributed by atoms with Crippen LogP contribution < -0.4 is 9.47 Å². The summed E-state index contributed by atoms with van der Waals surface area (Å²) in [5, 5.41) is 0. The lowest BCUT2D eigenvalue weighted by Gasteiger charge is -2.13. The molecule has 3 aromatic carbocycles. The van der Waals surface area contributed by atoms with Crippen LogP contribution in [0.4, 0.5) is 0 Å². The third kappa shape index (κ3) is 7.26. The number of aryl methyl sites for hydroxylation is 2. The zero-order chi connectivity index (χ0) is 24.3. The van der Waals surface area contributed by atoms with Crippen molar-refractivity contribution in [1.29, 1.82) is 0 Å². The molecule has 3 nitrogen and oxygen atoms in total. The van der Waals surface area contributed by atoms with E-state index in [-0.39, 0.29) is 0 Å². The van der Waals surface area contributed by atoms with E-state index in [2.05, 4.69) is 91.2 Å². The van der Waals surface area contributed by atoms with E-state index in [4.69, 9.17) is 9.47 Å². The molecule has 0 saturated carbocycles.